The number of rotatable bonds is 22. The van der Waals surface area contributed by atoms with Crippen molar-refractivity contribution in [2.75, 3.05) is 77.7 Å². The number of alkyl halides is 2. The maximum Gasteiger partial charge on any atom is 0.399 e. The van der Waals surface area contributed by atoms with Gasteiger partial charge in [-0.1, -0.05) is 12.1 Å². The first-order valence-corrected chi connectivity index (χ1v) is 25.0. The van der Waals surface area contributed by atoms with Crippen LogP contribution in [-0.4, -0.2) is 179 Å². The van der Waals surface area contributed by atoms with Crippen LogP contribution in [0.2, 0.25) is 0 Å². The van der Waals surface area contributed by atoms with Gasteiger partial charge in [-0.05, 0) is 56.0 Å². The average molecular weight is 1040 g/mol. The van der Waals surface area contributed by atoms with Gasteiger partial charge in [0.15, 0.2) is 0 Å². The summed E-state index contributed by atoms with van der Waals surface area (Å²) in [4.78, 5) is 141. The van der Waals surface area contributed by atoms with Crippen LogP contribution in [-0.2, 0) is 48.4 Å². The van der Waals surface area contributed by atoms with E-state index in [1.54, 1.807) is 12.1 Å². The highest BCUT2D eigenvalue weighted by Crippen LogP contribution is 2.59. The molecule has 1 unspecified atom stereocenters. The molecule has 1 aromatic heterocycles. The lowest BCUT2D eigenvalue weighted by atomic mass is 10.0. The van der Waals surface area contributed by atoms with Crippen LogP contribution in [0.25, 0.3) is 10.9 Å². The molecule has 3 fully saturated rings. The third kappa shape index (κ3) is 12.5. The molecule has 0 radical (unpaired) electrons. The molecule has 3 aromatic rings. The number of nitrogens with zero attached hydrogens (tertiary/aromatic N) is 3. The van der Waals surface area contributed by atoms with Gasteiger partial charge in [0.1, 0.15) is 23.8 Å². The predicted molar refractivity (Wildman–Crippen MR) is 250 cm³/mol. The van der Waals surface area contributed by atoms with Crippen molar-refractivity contribution in [1.82, 2.24) is 41.0 Å². The molecule has 3 saturated heterocycles. The summed E-state index contributed by atoms with van der Waals surface area (Å²) >= 11 is 0. The third-order valence-electron chi connectivity index (χ3n) is 12.7. The van der Waals surface area contributed by atoms with E-state index >= 15 is 0 Å². The zero-order valence-corrected chi connectivity index (χ0v) is 40.1. The van der Waals surface area contributed by atoms with Crippen molar-refractivity contribution < 1.29 is 80.5 Å². The highest BCUT2D eigenvalue weighted by Gasteiger charge is 2.51. The smallest absolute Gasteiger partial charge is 0.382 e. The van der Waals surface area contributed by atoms with Gasteiger partial charge in [-0.15, -0.1) is 0 Å². The lowest BCUT2D eigenvalue weighted by molar-refractivity contribution is -0.145. The molecule has 4 aliphatic rings. The first-order chi connectivity index (χ1) is 34.8. The maximum atomic E-state index is 14.5. The highest BCUT2D eigenvalue weighted by atomic mass is 31.2. The number of nitrogens with two attached hydrogens (primary N) is 1. The van der Waals surface area contributed by atoms with E-state index in [-0.39, 0.29) is 126 Å². The van der Waals surface area contributed by atoms with E-state index in [9.17, 15) is 66.3 Å². The van der Waals surface area contributed by atoms with Crippen molar-refractivity contribution in [2.45, 2.75) is 68.4 Å². The number of nitrogens with one attached hydrogen (secondary N) is 6. The van der Waals surface area contributed by atoms with E-state index in [2.05, 4.69) is 31.6 Å². The van der Waals surface area contributed by atoms with Crippen molar-refractivity contribution >= 4 is 77.5 Å². The number of ether oxygens (including phenoxy) is 3. The molecule has 2 aromatic carbocycles. The van der Waals surface area contributed by atoms with Crippen LogP contribution in [0.1, 0.15) is 75.3 Å². The second kappa shape index (κ2) is 23.3. The summed E-state index contributed by atoms with van der Waals surface area (Å²) in [5.74, 6) is -4.86. The summed E-state index contributed by atoms with van der Waals surface area (Å²) in [6.45, 7) is 1.03. The molecule has 73 heavy (non-hydrogen) atoms. The fraction of sp³-hybridized carbons (Fsp3) is 0.489. The molecular weight excluding hydrogens is 990 g/mol. The van der Waals surface area contributed by atoms with Crippen LogP contribution >= 0.6 is 7.60 Å². The van der Waals surface area contributed by atoms with Crippen molar-refractivity contribution in [3.8, 4) is 0 Å². The molecule has 394 valence electrons. The van der Waals surface area contributed by atoms with Crippen LogP contribution in [0.5, 0.6) is 0 Å². The quantitative estimate of drug-likeness (QED) is 0.0358. The van der Waals surface area contributed by atoms with Crippen molar-refractivity contribution in [2.24, 2.45) is 5.73 Å². The van der Waals surface area contributed by atoms with Crippen molar-refractivity contribution in [3.05, 3.63) is 64.8 Å². The summed E-state index contributed by atoms with van der Waals surface area (Å²) in [5.41, 5.74) is 0.238. The number of imide groups is 2. The molecule has 10 N–H and O–H groups in total. The number of hydrogen-bond acceptors (Lipinski definition) is 14. The molecule has 0 bridgehead atoms. The Kier molecular flexibility index (Phi) is 17.2. The Morgan fingerprint density at radius 1 is 0.849 bits per heavy atom. The Labute approximate surface area is 414 Å². The Hall–Kier alpha value is -6.90. The van der Waals surface area contributed by atoms with Crippen LogP contribution in [0.15, 0.2) is 42.5 Å². The standard InChI is InChI=1S/C45H55F2N10O15P/c46-45(47,73(67,68)69)26-4-6-29-25(22-26)23-31(52-29)38(60)53-32-24-55(15-10-27-5-7-33(56(27)42(32)64)39(61)50-12-13-51-44(48)66)36(59)11-16-70-18-20-72-21-19-71-17-14-49-30-3-1-2-28-37(30)43(65)57(41(28)63)34-8-9-35(58)54-40(34)62/h1-4,6,22-23,27,32-34,49,52H,5,7-21,24H2,(H,50,61)(H,53,60)(H3,48,51,66)(H,54,58,62)(H2,67,68,69)/t27-,32+,33+,34?/m1/s1. The molecule has 7 rings (SSSR count). The van der Waals surface area contributed by atoms with Gasteiger partial charge < -0.3 is 65.8 Å². The lowest BCUT2D eigenvalue weighted by Gasteiger charge is -2.38. The monoisotopic (exact) mass is 1040 g/mol. The Balaban J connectivity index is 0.871. The predicted octanol–water partition coefficient (Wildman–Crippen LogP) is -0.177. The van der Waals surface area contributed by atoms with Gasteiger partial charge in [-0.3, -0.25) is 53.1 Å². The van der Waals surface area contributed by atoms with E-state index < -0.39 is 96.3 Å². The first-order valence-electron chi connectivity index (χ1n) is 23.4. The molecule has 4 atom stereocenters. The summed E-state index contributed by atoms with van der Waals surface area (Å²) < 4.78 is 57.3. The molecular formula is C45H55F2N10O15P. The van der Waals surface area contributed by atoms with Gasteiger partial charge in [-0.25, -0.2) is 4.79 Å². The number of fused-ring (bicyclic) bond motifs is 3. The normalized spacial score (nSPS) is 20.3. The molecule has 0 spiro atoms. The van der Waals surface area contributed by atoms with E-state index in [1.165, 1.54) is 15.9 Å². The topological polar surface area (TPSA) is 351 Å². The minimum atomic E-state index is -5.89. The minimum absolute atomic E-state index is 0.00631. The Bertz CT molecular complexity index is 2700. The average Bonchev–Trinajstić information content (AvgIpc) is 4.04. The molecule has 5 heterocycles. The number of urea groups is 1. The number of H-pyrrole nitrogens is 1. The third-order valence-corrected chi connectivity index (χ3v) is 13.7. The second-order valence-electron chi connectivity index (χ2n) is 17.5. The van der Waals surface area contributed by atoms with Crippen molar-refractivity contribution in [3.63, 3.8) is 0 Å². The van der Waals surface area contributed by atoms with E-state index in [4.69, 9.17) is 19.9 Å². The molecule has 0 saturated carbocycles. The SMILES string of the molecule is NC(=O)NCCNC(=O)[C@@H]1CC[C@@H]2CCN(C(=O)CCOCCOCCOCCNc3cccc4c3C(=O)N(C3CCC(=O)NC3=O)C4=O)C[C@H](NC(=O)c3cc4cc(C(F)(F)P(=O)(O)O)ccc4[nH]3)C(=O)N21. The molecule has 28 heteroatoms. The summed E-state index contributed by atoms with van der Waals surface area (Å²) in [6, 6.07) is 3.93. The number of benzene rings is 2. The van der Waals surface area contributed by atoms with Crippen LogP contribution < -0.4 is 32.3 Å². The number of carbonyl (C=O) groups is 9. The number of primary amides is 1. The van der Waals surface area contributed by atoms with Crippen LogP contribution in [0.3, 0.4) is 0 Å². The number of carbonyl (C=O) groups excluding carboxylic acids is 9. The highest BCUT2D eigenvalue weighted by molar-refractivity contribution is 7.52. The van der Waals surface area contributed by atoms with Gasteiger partial charge in [0.05, 0.1) is 57.2 Å². The molecule has 25 nitrogen and oxygen atoms in total. The van der Waals surface area contributed by atoms with Crippen molar-refractivity contribution in [1.29, 1.82) is 0 Å². The number of piperidine rings is 1. The number of halogens is 2. The van der Waals surface area contributed by atoms with E-state index in [1.807, 2.05) is 0 Å². The number of aromatic nitrogens is 1. The van der Waals surface area contributed by atoms with Crippen LogP contribution in [0, 0.1) is 0 Å². The summed E-state index contributed by atoms with van der Waals surface area (Å²) in [5, 5.41) is 12.9. The zero-order chi connectivity index (χ0) is 52.6. The Morgan fingerprint density at radius 2 is 1.56 bits per heavy atom. The molecule has 10 amide bonds. The lowest BCUT2D eigenvalue weighted by Crippen LogP contribution is -2.61. The fourth-order valence-corrected chi connectivity index (χ4v) is 9.56. The van der Waals surface area contributed by atoms with E-state index in [0.29, 0.717) is 18.5 Å². The molecule has 0 aliphatic carbocycles. The minimum Gasteiger partial charge on any atom is -0.382 e. The summed E-state index contributed by atoms with van der Waals surface area (Å²) in [6.07, 6.45) is 0.913. The number of hydrogen-bond donors (Lipinski definition) is 9. The second-order valence-corrected chi connectivity index (χ2v) is 19.1. The number of anilines is 1. The van der Waals surface area contributed by atoms with Gasteiger partial charge >= 0.3 is 19.3 Å². The van der Waals surface area contributed by atoms with Gasteiger partial charge in [0.2, 0.25) is 29.5 Å². The van der Waals surface area contributed by atoms with E-state index in [0.717, 1.165) is 29.2 Å². The summed E-state index contributed by atoms with van der Waals surface area (Å²) in [7, 11) is -5.89. The van der Waals surface area contributed by atoms with Gasteiger partial charge in [0.25, 0.3) is 17.7 Å². The largest absolute Gasteiger partial charge is 0.399 e. The van der Waals surface area contributed by atoms with Gasteiger partial charge in [-0.2, -0.15) is 8.78 Å². The first kappa shape index (κ1) is 53.9. The Morgan fingerprint density at radius 3 is 2.27 bits per heavy atom. The maximum absolute atomic E-state index is 14.5. The van der Waals surface area contributed by atoms with Crippen LogP contribution in [0.4, 0.5) is 19.3 Å². The number of amides is 10. The fourth-order valence-electron chi connectivity index (χ4n) is 9.08. The number of aromatic amines is 1. The zero-order valence-electron chi connectivity index (χ0n) is 39.2. The molecule has 4 aliphatic heterocycles. The van der Waals surface area contributed by atoms with Gasteiger partial charge in [0, 0.05) is 67.3 Å².